The minimum Gasteiger partial charge on any atom is -0.494 e. The van der Waals surface area contributed by atoms with Gasteiger partial charge in [-0.15, -0.1) is 0 Å². The first-order valence-corrected chi connectivity index (χ1v) is 7.88. The van der Waals surface area contributed by atoms with Crippen molar-refractivity contribution in [1.29, 1.82) is 0 Å². The number of carbonyl (C=O) groups excluding carboxylic acids is 1. The average molecular weight is 312 g/mol. The van der Waals surface area contributed by atoms with E-state index >= 15 is 0 Å². The highest BCUT2D eigenvalue weighted by Crippen LogP contribution is 2.15. The maximum Gasteiger partial charge on any atom is 0.241 e. The van der Waals surface area contributed by atoms with Crippen molar-refractivity contribution >= 4 is 11.6 Å². The van der Waals surface area contributed by atoms with E-state index in [0.29, 0.717) is 13.2 Å². The molecule has 0 fully saturated rings. The molecule has 2 aromatic rings. The summed E-state index contributed by atoms with van der Waals surface area (Å²) in [6.07, 6.45) is 0. The molecule has 1 atom stereocenters. The molecule has 1 amide bonds. The lowest BCUT2D eigenvalue weighted by atomic mass is 10.1. The summed E-state index contributed by atoms with van der Waals surface area (Å²) in [5.41, 5.74) is 1.97. The molecule has 1 N–H and O–H groups in total. The molecule has 0 heterocycles. The number of benzene rings is 2. The predicted octanol–water partition coefficient (Wildman–Crippen LogP) is 3.54. The maximum absolute atomic E-state index is 12.3. The fraction of sp³-hybridized carbons (Fsp3) is 0.316. The lowest BCUT2D eigenvalue weighted by Gasteiger charge is -2.24. The standard InChI is InChI=1S/C19H24N2O2/c1-4-23-18-12-10-16(11-13-18)14-21(3)15(2)19(22)20-17-8-6-5-7-9-17/h5-13,15H,4,14H2,1-3H3,(H,20,22)/t15-/m0/s1. The molecule has 0 aliphatic rings. The zero-order chi connectivity index (χ0) is 16.7. The molecule has 0 aromatic heterocycles. The van der Waals surface area contributed by atoms with Gasteiger partial charge >= 0.3 is 0 Å². The number of likely N-dealkylation sites (N-methyl/N-ethyl adjacent to an activating group) is 1. The lowest BCUT2D eigenvalue weighted by Crippen LogP contribution is -2.39. The molecule has 122 valence electrons. The Labute approximate surface area is 138 Å². The van der Waals surface area contributed by atoms with E-state index in [-0.39, 0.29) is 11.9 Å². The zero-order valence-corrected chi connectivity index (χ0v) is 14.0. The number of amides is 1. The number of hydrogen-bond acceptors (Lipinski definition) is 3. The molecule has 0 saturated heterocycles. The van der Waals surface area contributed by atoms with Crippen LogP contribution in [0.4, 0.5) is 5.69 Å². The Morgan fingerprint density at radius 1 is 1.13 bits per heavy atom. The normalized spacial score (nSPS) is 12.0. The molecule has 0 aliphatic carbocycles. The monoisotopic (exact) mass is 312 g/mol. The third-order valence-electron chi connectivity index (χ3n) is 3.75. The summed E-state index contributed by atoms with van der Waals surface area (Å²) in [6, 6.07) is 17.3. The Balaban J connectivity index is 1.91. The Bertz CT molecular complexity index is 611. The van der Waals surface area contributed by atoms with Crippen LogP contribution in [0.1, 0.15) is 19.4 Å². The fourth-order valence-electron chi connectivity index (χ4n) is 2.25. The molecule has 0 spiro atoms. The molecule has 2 aromatic carbocycles. The molecular weight excluding hydrogens is 288 g/mol. The van der Waals surface area contributed by atoms with Gasteiger partial charge in [0.2, 0.25) is 5.91 Å². The van der Waals surface area contributed by atoms with Gasteiger partial charge < -0.3 is 10.1 Å². The minimum atomic E-state index is -0.221. The van der Waals surface area contributed by atoms with E-state index in [1.165, 1.54) is 0 Å². The van der Waals surface area contributed by atoms with Crippen molar-refractivity contribution in [3.63, 3.8) is 0 Å². The first-order chi connectivity index (χ1) is 11.1. The van der Waals surface area contributed by atoms with Crippen LogP contribution in [0.5, 0.6) is 5.75 Å². The fourth-order valence-corrected chi connectivity index (χ4v) is 2.25. The second-order valence-electron chi connectivity index (χ2n) is 5.52. The van der Waals surface area contributed by atoms with Gasteiger partial charge in [0.05, 0.1) is 12.6 Å². The van der Waals surface area contributed by atoms with Gasteiger partial charge in [-0.05, 0) is 50.7 Å². The van der Waals surface area contributed by atoms with Crippen LogP contribution in [0.15, 0.2) is 54.6 Å². The summed E-state index contributed by atoms with van der Waals surface area (Å²) in [6.45, 7) is 5.24. The molecular formula is C19H24N2O2. The summed E-state index contributed by atoms with van der Waals surface area (Å²) < 4.78 is 5.44. The van der Waals surface area contributed by atoms with Gasteiger partial charge in [0.25, 0.3) is 0 Å². The quantitative estimate of drug-likeness (QED) is 0.850. The smallest absolute Gasteiger partial charge is 0.241 e. The number of nitrogens with one attached hydrogen (secondary N) is 1. The Morgan fingerprint density at radius 3 is 2.39 bits per heavy atom. The summed E-state index contributed by atoms with van der Waals surface area (Å²) in [5.74, 6) is 0.860. The van der Waals surface area contributed by atoms with E-state index in [2.05, 4.69) is 5.32 Å². The molecule has 4 heteroatoms. The van der Waals surface area contributed by atoms with E-state index in [0.717, 1.165) is 17.0 Å². The number of hydrogen-bond donors (Lipinski definition) is 1. The molecule has 23 heavy (non-hydrogen) atoms. The molecule has 0 saturated carbocycles. The number of carbonyl (C=O) groups is 1. The van der Waals surface area contributed by atoms with Crippen molar-refractivity contribution in [2.75, 3.05) is 19.0 Å². The van der Waals surface area contributed by atoms with Crippen LogP contribution in [0.3, 0.4) is 0 Å². The van der Waals surface area contributed by atoms with E-state index in [9.17, 15) is 4.79 Å². The minimum absolute atomic E-state index is 0.00960. The number of nitrogens with zero attached hydrogens (tertiary/aromatic N) is 1. The summed E-state index contributed by atoms with van der Waals surface area (Å²) in [4.78, 5) is 14.3. The summed E-state index contributed by atoms with van der Waals surface area (Å²) in [5, 5.41) is 2.93. The van der Waals surface area contributed by atoms with Crippen molar-refractivity contribution in [2.45, 2.75) is 26.4 Å². The Hall–Kier alpha value is -2.33. The van der Waals surface area contributed by atoms with Crippen LogP contribution >= 0.6 is 0 Å². The van der Waals surface area contributed by atoms with Crippen LogP contribution in [0, 0.1) is 0 Å². The second kappa shape index (κ2) is 8.34. The first kappa shape index (κ1) is 17.0. The molecule has 0 radical (unpaired) electrons. The van der Waals surface area contributed by atoms with E-state index < -0.39 is 0 Å². The molecule has 0 unspecified atom stereocenters. The highest BCUT2D eigenvalue weighted by atomic mass is 16.5. The lowest BCUT2D eigenvalue weighted by molar-refractivity contribution is -0.120. The summed E-state index contributed by atoms with van der Waals surface area (Å²) >= 11 is 0. The van der Waals surface area contributed by atoms with Crippen molar-refractivity contribution in [3.05, 3.63) is 60.2 Å². The van der Waals surface area contributed by atoms with Crippen molar-refractivity contribution < 1.29 is 9.53 Å². The number of anilines is 1. The zero-order valence-electron chi connectivity index (χ0n) is 14.0. The predicted molar refractivity (Wildman–Crippen MR) is 93.6 cm³/mol. The van der Waals surface area contributed by atoms with Gasteiger partial charge in [0.1, 0.15) is 5.75 Å². The second-order valence-corrected chi connectivity index (χ2v) is 5.52. The maximum atomic E-state index is 12.3. The van der Waals surface area contributed by atoms with E-state index in [1.54, 1.807) is 0 Å². The first-order valence-electron chi connectivity index (χ1n) is 7.88. The molecule has 4 nitrogen and oxygen atoms in total. The molecule has 2 rings (SSSR count). The largest absolute Gasteiger partial charge is 0.494 e. The van der Waals surface area contributed by atoms with Gasteiger partial charge in [0.15, 0.2) is 0 Å². The van der Waals surface area contributed by atoms with Gasteiger partial charge in [-0.25, -0.2) is 0 Å². The molecule has 0 aliphatic heterocycles. The Morgan fingerprint density at radius 2 is 1.78 bits per heavy atom. The van der Waals surface area contributed by atoms with Gasteiger partial charge in [-0.1, -0.05) is 30.3 Å². The average Bonchev–Trinajstić information content (AvgIpc) is 2.57. The third kappa shape index (κ3) is 5.11. The SMILES string of the molecule is CCOc1ccc(CN(C)[C@@H](C)C(=O)Nc2ccccc2)cc1. The topological polar surface area (TPSA) is 41.6 Å². The van der Waals surface area contributed by atoms with E-state index in [1.807, 2.05) is 80.4 Å². The number of rotatable bonds is 7. The van der Waals surface area contributed by atoms with Gasteiger partial charge in [-0.2, -0.15) is 0 Å². The van der Waals surface area contributed by atoms with Gasteiger partial charge in [0, 0.05) is 12.2 Å². The van der Waals surface area contributed by atoms with Crippen LogP contribution in [-0.2, 0) is 11.3 Å². The highest BCUT2D eigenvalue weighted by molar-refractivity contribution is 5.94. The van der Waals surface area contributed by atoms with Crippen molar-refractivity contribution in [3.8, 4) is 5.75 Å². The third-order valence-corrected chi connectivity index (χ3v) is 3.75. The van der Waals surface area contributed by atoms with Crippen molar-refractivity contribution in [2.24, 2.45) is 0 Å². The van der Waals surface area contributed by atoms with Crippen LogP contribution < -0.4 is 10.1 Å². The van der Waals surface area contributed by atoms with Crippen LogP contribution in [0.25, 0.3) is 0 Å². The highest BCUT2D eigenvalue weighted by Gasteiger charge is 2.18. The van der Waals surface area contributed by atoms with Crippen molar-refractivity contribution in [1.82, 2.24) is 4.90 Å². The number of para-hydroxylation sites is 1. The Kier molecular flexibility index (Phi) is 6.18. The molecule has 0 bridgehead atoms. The van der Waals surface area contributed by atoms with Crippen LogP contribution in [0.2, 0.25) is 0 Å². The van der Waals surface area contributed by atoms with Crippen LogP contribution in [-0.4, -0.2) is 30.5 Å². The summed E-state index contributed by atoms with van der Waals surface area (Å²) in [7, 11) is 1.95. The van der Waals surface area contributed by atoms with Gasteiger partial charge in [-0.3, -0.25) is 9.69 Å². The number of ether oxygens (including phenoxy) is 1. The van der Waals surface area contributed by atoms with E-state index in [4.69, 9.17) is 4.74 Å².